The van der Waals surface area contributed by atoms with E-state index in [0.717, 1.165) is 24.2 Å². The van der Waals surface area contributed by atoms with E-state index >= 15 is 0 Å². The lowest BCUT2D eigenvalue weighted by atomic mass is 10.2. The van der Waals surface area contributed by atoms with Gasteiger partial charge in [0, 0.05) is 38.8 Å². The molecule has 0 bridgehead atoms. The highest BCUT2D eigenvalue weighted by atomic mass is 32.2. The van der Waals surface area contributed by atoms with Gasteiger partial charge in [-0.2, -0.15) is 4.31 Å². The molecule has 0 spiro atoms. The van der Waals surface area contributed by atoms with Crippen LogP contribution < -0.4 is 14.8 Å². The van der Waals surface area contributed by atoms with Crippen LogP contribution in [0, 0.1) is 0 Å². The van der Waals surface area contributed by atoms with Gasteiger partial charge in [0.1, 0.15) is 0 Å². The molecule has 1 aliphatic heterocycles. The number of amides is 1. The fraction of sp³-hybridized carbons (Fsp3) is 0.375. The zero-order valence-electron chi connectivity index (χ0n) is 19.3. The second-order valence-electron chi connectivity index (χ2n) is 7.75. The Morgan fingerprint density at radius 2 is 1.76 bits per heavy atom. The third-order valence-electron chi connectivity index (χ3n) is 5.40. The fourth-order valence-corrected chi connectivity index (χ4v) is 4.86. The number of nitrogens with one attached hydrogen (secondary N) is 1. The van der Waals surface area contributed by atoms with E-state index in [-0.39, 0.29) is 10.8 Å². The monoisotopic (exact) mass is 473 g/mol. The number of likely N-dealkylation sites (N-methyl/N-ethyl adjacent to an activating group) is 1. The van der Waals surface area contributed by atoms with Crippen LogP contribution in [0.25, 0.3) is 6.08 Å². The lowest BCUT2D eigenvalue weighted by Gasteiger charge is -2.31. The number of hydrogen-bond acceptors (Lipinski definition) is 6. The molecule has 0 aliphatic carbocycles. The maximum absolute atomic E-state index is 12.8. The van der Waals surface area contributed by atoms with Gasteiger partial charge in [0.2, 0.25) is 15.9 Å². The second-order valence-corrected chi connectivity index (χ2v) is 9.68. The number of carbonyl (C=O) groups is 1. The Morgan fingerprint density at radius 1 is 1.06 bits per heavy atom. The predicted octanol–water partition coefficient (Wildman–Crippen LogP) is 2.36. The van der Waals surface area contributed by atoms with E-state index in [9.17, 15) is 13.2 Å². The van der Waals surface area contributed by atoms with Gasteiger partial charge < -0.3 is 19.7 Å². The van der Waals surface area contributed by atoms with Crippen LogP contribution in [0.5, 0.6) is 11.5 Å². The Balaban J connectivity index is 1.55. The number of piperazine rings is 1. The summed E-state index contributed by atoms with van der Waals surface area (Å²) in [6, 6.07) is 12.1. The van der Waals surface area contributed by atoms with Crippen LogP contribution in [-0.4, -0.2) is 70.5 Å². The minimum Gasteiger partial charge on any atom is -0.493 e. The number of rotatable bonds is 9. The zero-order valence-corrected chi connectivity index (χ0v) is 20.1. The number of sulfonamides is 1. The van der Waals surface area contributed by atoms with Gasteiger partial charge in [-0.1, -0.05) is 18.2 Å². The van der Waals surface area contributed by atoms with E-state index in [4.69, 9.17) is 9.47 Å². The molecule has 9 heteroatoms. The largest absolute Gasteiger partial charge is 0.493 e. The van der Waals surface area contributed by atoms with Crippen LogP contribution in [0.1, 0.15) is 18.1 Å². The number of nitrogens with zero attached hydrogens (tertiary/aromatic N) is 2. The molecule has 1 amide bonds. The van der Waals surface area contributed by atoms with Gasteiger partial charge in [-0.15, -0.1) is 0 Å². The summed E-state index contributed by atoms with van der Waals surface area (Å²) in [5.74, 6) is 1.00. The van der Waals surface area contributed by atoms with Gasteiger partial charge in [0.05, 0.1) is 18.6 Å². The van der Waals surface area contributed by atoms with Crippen LogP contribution in [-0.2, 0) is 21.4 Å². The zero-order chi connectivity index (χ0) is 23.8. The van der Waals surface area contributed by atoms with Crippen molar-refractivity contribution in [3.63, 3.8) is 0 Å². The summed E-state index contributed by atoms with van der Waals surface area (Å²) < 4.78 is 37.9. The average Bonchev–Trinajstić information content (AvgIpc) is 2.82. The van der Waals surface area contributed by atoms with Crippen molar-refractivity contribution in [3.05, 3.63) is 59.7 Å². The molecule has 0 radical (unpaired) electrons. The number of ether oxygens (including phenoxy) is 2. The molecule has 0 unspecified atom stereocenters. The summed E-state index contributed by atoms with van der Waals surface area (Å²) in [6.07, 6.45) is 3.14. The number of hydrogen-bond donors (Lipinski definition) is 1. The molecule has 0 saturated carbocycles. The minimum atomic E-state index is -3.50. The molecule has 3 rings (SSSR count). The lowest BCUT2D eigenvalue weighted by molar-refractivity contribution is -0.116. The van der Waals surface area contributed by atoms with E-state index in [1.165, 1.54) is 10.4 Å². The SMILES string of the molecule is CCOc1ccc(/C=C/C(=O)NCc2ccc(S(=O)(=O)N3CCN(C)CC3)cc2)cc1OC. The highest BCUT2D eigenvalue weighted by Gasteiger charge is 2.27. The van der Waals surface area contributed by atoms with E-state index in [1.54, 1.807) is 49.6 Å². The van der Waals surface area contributed by atoms with Crippen LogP contribution in [0.4, 0.5) is 0 Å². The first-order valence-corrected chi connectivity index (χ1v) is 12.3. The van der Waals surface area contributed by atoms with E-state index in [2.05, 4.69) is 10.2 Å². The molecule has 0 aromatic heterocycles. The van der Waals surface area contributed by atoms with Crippen molar-refractivity contribution in [2.75, 3.05) is 46.9 Å². The van der Waals surface area contributed by atoms with E-state index in [0.29, 0.717) is 37.7 Å². The first-order valence-electron chi connectivity index (χ1n) is 10.9. The third-order valence-corrected chi connectivity index (χ3v) is 7.32. The van der Waals surface area contributed by atoms with E-state index in [1.807, 2.05) is 20.0 Å². The molecule has 1 aliphatic rings. The topological polar surface area (TPSA) is 88.2 Å². The molecule has 2 aromatic carbocycles. The Kier molecular flexibility index (Phi) is 8.49. The lowest BCUT2D eigenvalue weighted by Crippen LogP contribution is -2.46. The van der Waals surface area contributed by atoms with Gasteiger partial charge >= 0.3 is 0 Å². The molecule has 1 saturated heterocycles. The molecule has 8 nitrogen and oxygen atoms in total. The number of benzene rings is 2. The predicted molar refractivity (Wildman–Crippen MR) is 128 cm³/mol. The molecule has 2 aromatic rings. The quantitative estimate of drug-likeness (QED) is 0.563. The summed E-state index contributed by atoms with van der Waals surface area (Å²) in [7, 11) is 0.0561. The molecular formula is C24H31N3O5S. The van der Waals surface area contributed by atoms with Crippen LogP contribution in [0.2, 0.25) is 0 Å². The van der Waals surface area contributed by atoms with Gasteiger partial charge in [0.25, 0.3) is 0 Å². The summed E-state index contributed by atoms with van der Waals surface area (Å²) in [5, 5.41) is 2.81. The Hall–Kier alpha value is -2.88. The standard InChI is InChI=1S/C24H31N3O5S/c1-4-32-22-11-7-19(17-23(22)31-3)8-12-24(28)25-18-20-5-9-21(10-6-20)33(29,30)27-15-13-26(2)14-16-27/h5-12,17H,4,13-16,18H2,1-3H3,(H,25,28)/b12-8+. The number of carbonyl (C=O) groups excluding carboxylic acids is 1. The van der Waals surface area contributed by atoms with Gasteiger partial charge in [0.15, 0.2) is 11.5 Å². The third kappa shape index (κ3) is 6.56. The maximum Gasteiger partial charge on any atom is 0.244 e. The summed E-state index contributed by atoms with van der Waals surface area (Å²) in [5.41, 5.74) is 1.63. The first-order chi connectivity index (χ1) is 15.8. The van der Waals surface area contributed by atoms with Crippen molar-refractivity contribution in [1.82, 2.24) is 14.5 Å². The molecule has 1 fully saturated rings. The van der Waals surface area contributed by atoms with Crippen molar-refractivity contribution in [2.45, 2.75) is 18.4 Å². The van der Waals surface area contributed by atoms with Gasteiger partial charge in [-0.05, 0) is 55.4 Å². The Morgan fingerprint density at radius 3 is 2.39 bits per heavy atom. The molecular weight excluding hydrogens is 442 g/mol. The Bertz CT molecular complexity index is 1080. The molecule has 1 N–H and O–H groups in total. The highest BCUT2D eigenvalue weighted by Crippen LogP contribution is 2.28. The fourth-order valence-electron chi connectivity index (χ4n) is 3.44. The van der Waals surface area contributed by atoms with Crippen LogP contribution >= 0.6 is 0 Å². The normalized spacial score (nSPS) is 15.5. The highest BCUT2D eigenvalue weighted by molar-refractivity contribution is 7.89. The van der Waals surface area contributed by atoms with Crippen molar-refractivity contribution in [2.24, 2.45) is 0 Å². The van der Waals surface area contributed by atoms with Crippen molar-refractivity contribution >= 4 is 22.0 Å². The van der Waals surface area contributed by atoms with Crippen LogP contribution in [0.15, 0.2) is 53.4 Å². The smallest absolute Gasteiger partial charge is 0.244 e. The summed E-state index contributed by atoms with van der Waals surface area (Å²) in [4.78, 5) is 14.6. The Labute approximate surface area is 195 Å². The average molecular weight is 474 g/mol. The summed E-state index contributed by atoms with van der Waals surface area (Å²) in [6.45, 7) is 5.16. The first kappa shape index (κ1) is 24.8. The second kappa shape index (κ2) is 11.3. The minimum absolute atomic E-state index is 0.253. The van der Waals surface area contributed by atoms with Gasteiger partial charge in [-0.3, -0.25) is 4.79 Å². The van der Waals surface area contributed by atoms with Crippen molar-refractivity contribution < 1.29 is 22.7 Å². The molecule has 0 atom stereocenters. The maximum atomic E-state index is 12.8. The van der Waals surface area contributed by atoms with Crippen LogP contribution in [0.3, 0.4) is 0 Å². The van der Waals surface area contributed by atoms with Crippen molar-refractivity contribution in [3.8, 4) is 11.5 Å². The molecule has 33 heavy (non-hydrogen) atoms. The van der Waals surface area contributed by atoms with Gasteiger partial charge in [-0.25, -0.2) is 8.42 Å². The molecule has 178 valence electrons. The molecule has 1 heterocycles. The number of methoxy groups -OCH3 is 1. The van der Waals surface area contributed by atoms with Crippen molar-refractivity contribution in [1.29, 1.82) is 0 Å². The summed E-state index contributed by atoms with van der Waals surface area (Å²) >= 11 is 0. The van der Waals surface area contributed by atoms with E-state index < -0.39 is 10.0 Å².